The SMILES string of the molecule is Cc1nc(Cl)cc(NC(C)c2cn(-c3ccccc3)nn2)n1. The Morgan fingerprint density at radius 2 is 1.95 bits per heavy atom. The maximum Gasteiger partial charge on any atom is 0.134 e. The second kappa shape index (κ2) is 6.11. The molecule has 2 heterocycles. The van der Waals surface area contributed by atoms with E-state index >= 15 is 0 Å². The standard InChI is InChI=1S/C15H15ClN6/c1-10(17-15-8-14(16)18-11(2)19-15)13-9-22(21-20-13)12-6-4-3-5-7-12/h3-10H,1-2H3,(H,17,18,19). The van der Waals surface area contributed by atoms with E-state index in [9.17, 15) is 0 Å². The summed E-state index contributed by atoms with van der Waals surface area (Å²) in [6, 6.07) is 11.5. The molecule has 1 unspecified atom stereocenters. The Labute approximate surface area is 133 Å². The van der Waals surface area contributed by atoms with E-state index in [0.29, 0.717) is 16.8 Å². The molecular formula is C15H15ClN6. The van der Waals surface area contributed by atoms with Crippen LogP contribution in [-0.4, -0.2) is 25.0 Å². The highest BCUT2D eigenvalue weighted by Gasteiger charge is 2.12. The number of benzene rings is 1. The molecule has 0 spiro atoms. The van der Waals surface area contributed by atoms with Gasteiger partial charge in [0.15, 0.2) is 0 Å². The molecule has 6 nitrogen and oxygen atoms in total. The monoisotopic (exact) mass is 314 g/mol. The average Bonchev–Trinajstić information content (AvgIpc) is 2.97. The fraction of sp³-hybridized carbons (Fsp3) is 0.200. The summed E-state index contributed by atoms with van der Waals surface area (Å²) in [7, 11) is 0. The van der Waals surface area contributed by atoms with Crippen molar-refractivity contribution in [3.63, 3.8) is 0 Å². The van der Waals surface area contributed by atoms with E-state index in [2.05, 4.69) is 25.6 Å². The maximum absolute atomic E-state index is 5.94. The molecule has 1 atom stereocenters. The molecule has 0 fully saturated rings. The third kappa shape index (κ3) is 3.23. The quantitative estimate of drug-likeness (QED) is 0.749. The fourth-order valence-electron chi connectivity index (χ4n) is 2.08. The van der Waals surface area contributed by atoms with E-state index in [4.69, 9.17) is 11.6 Å². The summed E-state index contributed by atoms with van der Waals surface area (Å²) in [5.41, 5.74) is 1.78. The lowest BCUT2D eigenvalue weighted by Gasteiger charge is -2.12. The van der Waals surface area contributed by atoms with E-state index in [1.165, 1.54) is 0 Å². The van der Waals surface area contributed by atoms with Gasteiger partial charge in [-0.05, 0) is 26.0 Å². The molecule has 0 amide bonds. The highest BCUT2D eigenvalue weighted by molar-refractivity contribution is 6.29. The van der Waals surface area contributed by atoms with Crippen molar-refractivity contribution in [1.82, 2.24) is 25.0 Å². The summed E-state index contributed by atoms with van der Waals surface area (Å²) in [6.45, 7) is 3.79. The number of halogens is 1. The van der Waals surface area contributed by atoms with Crippen LogP contribution in [0.1, 0.15) is 24.5 Å². The van der Waals surface area contributed by atoms with Crippen LogP contribution in [-0.2, 0) is 0 Å². The zero-order valence-electron chi connectivity index (χ0n) is 12.2. The largest absolute Gasteiger partial charge is 0.362 e. The lowest BCUT2D eigenvalue weighted by Crippen LogP contribution is -2.09. The number of hydrogen-bond acceptors (Lipinski definition) is 5. The van der Waals surface area contributed by atoms with Crippen molar-refractivity contribution in [2.45, 2.75) is 19.9 Å². The number of rotatable bonds is 4. The predicted octanol–water partition coefficient (Wildman–Crippen LogP) is 3.19. The topological polar surface area (TPSA) is 68.5 Å². The minimum Gasteiger partial charge on any atom is -0.362 e. The molecule has 0 radical (unpaired) electrons. The summed E-state index contributed by atoms with van der Waals surface area (Å²) < 4.78 is 1.74. The van der Waals surface area contributed by atoms with Crippen LogP contribution in [0, 0.1) is 6.92 Å². The molecule has 1 aromatic carbocycles. The van der Waals surface area contributed by atoms with E-state index in [1.54, 1.807) is 17.7 Å². The van der Waals surface area contributed by atoms with Crippen LogP contribution in [0.5, 0.6) is 0 Å². The number of hydrogen-bond donors (Lipinski definition) is 1. The van der Waals surface area contributed by atoms with Gasteiger partial charge < -0.3 is 5.32 Å². The smallest absolute Gasteiger partial charge is 0.134 e. The molecule has 22 heavy (non-hydrogen) atoms. The summed E-state index contributed by atoms with van der Waals surface area (Å²) >= 11 is 5.94. The zero-order valence-corrected chi connectivity index (χ0v) is 13.0. The van der Waals surface area contributed by atoms with E-state index in [0.717, 1.165) is 11.4 Å². The van der Waals surface area contributed by atoms with Gasteiger partial charge >= 0.3 is 0 Å². The number of aromatic nitrogens is 5. The Kier molecular flexibility index (Phi) is 4.02. The molecule has 0 aliphatic carbocycles. The normalized spacial score (nSPS) is 12.1. The van der Waals surface area contributed by atoms with Crippen LogP contribution in [0.25, 0.3) is 5.69 Å². The Balaban J connectivity index is 1.78. The molecule has 0 aliphatic heterocycles. The van der Waals surface area contributed by atoms with Gasteiger partial charge in [0.2, 0.25) is 0 Å². The molecule has 0 aliphatic rings. The van der Waals surface area contributed by atoms with Crippen molar-refractivity contribution in [2.24, 2.45) is 0 Å². The Morgan fingerprint density at radius 3 is 2.68 bits per heavy atom. The zero-order chi connectivity index (χ0) is 15.5. The van der Waals surface area contributed by atoms with Gasteiger partial charge in [-0.3, -0.25) is 0 Å². The first kappa shape index (κ1) is 14.5. The first-order chi connectivity index (χ1) is 10.6. The van der Waals surface area contributed by atoms with E-state index in [-0.39, 0.29) is 6.04 Å². The summed E-state index contributed by atoms with van der Waals surface area (Å²) in [4.78, 5) is 8.34. The van der Waals surface area contributed by atoms with Crippen molar-refractivity contribution in [3.05, 3.63) is 59.3 Å². The molecule has 0 saturated heterocycles. The molecule has 112 valence electrons. The number of nitrogens with zero attached hydrogens (tertiary/aromatic N) is 5. The third-order valence-electron chi connectivity index (χ3n) is 3.15. The lowest BCUT2D eigenvalue weighted by atomic mass is 10.2. The van der Waals surface area contributed by atoms with Gasteiger partial charge in [-0.25, -0.2) is 14.6 Å². The van der Waals surface area contributed by atoms with Crippen molar-refractivity contribution in [2.75, 3.05) is 5.32 Å². The average molecular weight is 315 g/mol. The van der Waals surface area contributed by atoms with Crippen LogP contribution in [0.2, 0.25) is 5.15 Å². The Morgan fingerprint density at radius 1 is 1.18 bits per heavy atom. The maximum atomic E-state index is 5.94. The molecular weight excluding hydrogens is 300 g/mol. The van der Waals surface area contributed by atoms with Gasteiger partial charge in [0.25, 0.3) is 0 Å². The van der Waals surface area contributed by atoms with Crippen LogP contribution in [0.3, 0.4) is 0 Å². The number of aryl methyl sites for hydroxylation is 1. The minimum absolute atomic E-state index is 0.0529. The first-order valence-corrected chi connectivity index (χ1v) is 7.25. The van der Waals surface area contributed by atoms with Crippen LogP contribution < -0.4 is 5.32 Å². The van der Waals surface area contributed by atoms with Crippen molar-refractivity contribution in [1.29, 1.82) is 0 Å². The second-order valence-electron chi connectivity index (χ2n) is 4.91. The lowest BCUT2D eigenvalue weighted by molar-refractivity contribution is 0.778. The first-order valence-electron chi connectivity index (χ1n) is 6.87. The van der Waals surface area contributed by atoms with Crippen LogP contribution in [0.4, 0.5) is 5.82 Å². The van der Waals surface area contributed by atoms with Crippen molar-refractivity contribution in [3.8, 4) is 5.69 Å². The highest BCUT2D eigenvalue weighted by Crippen LogP contribution is 2.18. The number of anilines is 1. The van der Waals surface area contributed by atoms with Gasteiger partial charge in [0.1, 0.15) is 22.5 Å². The number of nitrogens with one attached hydrogen (secondary N) is 1. The van der Waals surface area contributed by atoms with Gasteiger partial charge in [0, 0.05) is 6.07 Å². The predicted molar refractivity (Wildman–Crippen MR) is 85.2 cm³/mol. The van der Waals surface area contributed by atoms with Crippen LogP contribution in [0.15, 0.2) is 42.6 Å². The molecule has 2 aromatic heterocycles. The molecule has 0 bridgehead atoms. The van der Waals surface area contributed by atoms with Gasteiger partial charge in [-0.15, -0.1) is 5.10 Å². The molecule has 7 heteroatoms. The summed E-state index contributed by atoms with van der Waals surface area (Å²) in [5.74, 6) is 1.29. The summed E-state index contributed by atoms with van der Waals surface area (Å²) in [5, 5.41) is 12.0. The Hall–Kier alpha value is -2.47. The summed E-state index contributed by atoms with van der Waals surface area (Å²) in [6.07, 6.45) is 1.89. The van der Waals surface area contributed by atoms with Gasteiger partial charge in [0.05, 0.1) is 17.9 Å². The fourth-order valence-corrected chi connectivity index (χ4v) is 2.31. The minimum atomic E-state index is -0.0529. The molecule has 3 rings (SSSR count). The van der Waals surface area contributed by atoms with Crippen LogP contribution >= 0.6 is 11.6 Å². The van der Waals surface area contributed by atoms with Crippen molar-refractivity contribution < 1.29 is 0 Å². The molecule has 3 aromatic rings. The highest BCUT2D eigenvalue weighted by atomic mass is 35.5. The Bertz CT molecular complexity index is 750. The van der Waals surface area contributed by atoms with E-state index in [1.807, 2.05) is 43.5 Å². The van der Waals surface area contributed by atoms with Crippen molar-refractivity contribution >= 4 is 17.4 Å². The second-order valence-corrected chi connectivity index (χ2v) is 5.30. The third-order valence-corrected chi connectivity index (χ3v) is 3.34. The molecule has 0 saturated carbocycles. The number of para-hydroxylation sites is 1. The van der Waals surface area contributed by atoms with E-state index < -0.39 is 0 Å². The van der Waals surface area contributed by atoms with Gasteiger partial charge in [-0.1, -0.05) is 35.0 Å². The van der Waals surface area contributed by atoms with Gasteiger partial charge in [-0.2, -0.15) is 0 Å². The molecule has 1 N–H and O–H groups in total.